The molecule has 0 nitrogen and oxygen atoms in total. The molecule has 0 atom stereocenters. The summed E-state index contributed by atoms with van der Waals surface area (Å²) in [5, 5.41) is 0. The molecule has 0 spiro atoms. The summed E-state index contributed by atoms with van der Waals surface area (Å²) in [5.41, 5.74) is 0. The average molecular weight is 176 g/mol. The second-order valence-electron chi connectivity index (χ2n) is 3.52. The number of hydrogen-bond acceptors (Lipinski definition) is 0. The molecule has 0 saturated carbocycles. The molecule has 1 rings (SSSR count). The summed E-state index contributed by atoms with van der Waals surface area (Å²) in [7, 11) is 0. The molecule has 0 unspecified atom stereocenters. The molecule has 1 aliphatic carbocycles. The average Bonchev–Trinajstić information content (AvgIpc) is 2.18. The van der Waals surface area contributed by atoms with Crippen molar-refractivity contribution in [2.75, 3.05) is 0 Å². The summed E-state index contributed by atoms with van der Waals surface area (Å²) in [6.45, 7) is 0. The maximum atomic E-state index is 2.32. The maximum Gasteiger partial charge on any atom is -0.0169 e. The summed E-state index contributed by atoms with van der Waals surface area (Å²) in [5.74, 6) is 0. The second-order valence-corrected chi connectivity index (χ2v) is 3.52. The van der Waals surface area contributed by atoms with Gasteiger partial charge < -0.3 is 0 Å². The highest BCUT2D eigenvalue weighted by atomic mass is 13.9. The lowest BCUT2D eigenvalue weighted by Gasteiger charge is -1.94. The maximum absolute atomic E-state index is 2.32. The quantitative estimate of drug-likeness (QED) is 0.480. The Kier molecular flexibility index (Phi) is 6.22. The first-order valence-electron chi connectivity index (χ1n) is 5.45. The van der Waals surface area contributed by atoms with Crippen LogP contribution in [0.2, 0.25) is 0 Å². The van der Waals surface area contributed by atoms with Gasteiger partial charge in [-0.25, -0.2) is 0 Å². The lowest BCUT2D eigenvalue weighted by atomic mass is 10.1. The van der Waals surface area contributed by atoms with E-state index in [-0.39, 0.29) is 0 Å². The van der Waals surface area contributed by atoms with Gasteiger partial charge in [-0.1, -0.05) is 42.9 Å². The highest BCUT2D eigenvalue weighted by molar-refractivity contribution is 4.97. The molecule has 72 valence electrons. The molecule has 13 heavy (non-hydrogen) atoms. The summed E-state index contributed by atoms with van der Waals surface area (Å²) >= 11 is 0. The van der Waals surface area contributed by atoms with Crippen molar-refractivity contribution in [2.45, 2.75) is 44.9 Å². The van der Waals surface area contributed by atoms with E-state index in [2.05, 4.69) is 36.5 Å². The minimum absolute atomic E-state index is 1.10. The van der Waals surface area contributed by atoms with E-state index in [4.69, 9.17) is 0 Å². The van der Waals surface area contributed by atoms with Crippen LogP contribution >= 0.6 is 0 Å². The third-order valence-corrected chi connectivity index (χ3v) is 2.29. The van der Waals surface area contributed by atoms with Crippen LogP contribution < -0.4 is 0 Å². The smallest absolute Gasteiger partial charge is 0.0169 e. The zero-order valence-corrected chi connectivity index (χ0v) is 8.41. The molecular weight excluding hydrogens is 156 g/mol. The molecule has 0 aliphatic heterocycles. The first kappa shape index (κ1) is 10.3. The molecule has 0 saturated heterocycles. The van der Waals surface area contributed by atoms with Gasteiger partial charge in [0.05, 0.1) is 0 Å². The van der Waals surface area contributed by atoms with Gasteiger partial charge in [0.15, 0.2) is 0 Å². The fourth-order valence-corrected chi connectivity index (χ4v) is 1.48. The van der Waals surface area contributed by atoms with Crippen LogP contribution in [0.5, 0.6) is 0 Å². The van der Waals surface area contributed by atoms with E-state index < -0.39 is 0 Å². The van der Waals surface area contributed by atoms with E-state index in [0.29, 0.717) is 0 Å². The molecule has 1 aliphatic rings. The minimum atomic E-state index is 1.10. The van der Waals surface area contributed by atoms with Gasteiger partial charge in [0.1, 0.15) is 0 Å². The first-order valence-corrected chi connectivity index (χ1v) is 5.45. The summed E-state index contributed by atoms with van der Waals surface area (Å²) < 4.78 is 0. The SMILES string of the molecule is C1=CCCCCC/C=C/C/C=C/C1. The van der Waals surface area contributed by atoms with Gasteiger partial charge in [-0.15, -0.1) is 0 Å². The molecule has 0 aromatic rings. The van der Waals surface area contributed by atoms with Crippen LogP contribution in [0, 0.1) is 0 Å². The zero-order valence-electron chi connectivity index (χ0n) is 8.41. The molecule has 0 aromatic carbocycles. The highest BCUT2D eigenvalue weighted by Crippen LogP contribution is 2.06. The third-order valence-electron chi connectivity index (χ3n) is 2.29. The largest absolute Gasteiger partial charge is 0.0882 e. The van der Waals surface area contributed by atoms with Gasteiger partial charge in [-0.3, -0.25) is 0 Å². The second kappa shape index (κ2) is 7.85. The van der Waals surface area contributed by atoms with Crippen molar-refractivity contribution in [3.8, 4) is 0 Å². The summed E-state index contributed by atoms with van der Waals surface area (Å²) in [6.07, 6.45) is 22.5. The lowest BCUT2D eigenvalue weighted by Crippen LogP contribution is -1.74. The van der Waals surface area contributed by atoms with Crippen LogP contribution in [0.3, 0.4) is 0 Å². The van der Waals surface area contributed by atoms with Crippen LogP contribution in [0.15, 0.2) is 36.5 Å². The summed E-state index contributed by atoms with van der Waals surface area (Å²) in [6, 6.07) is 0. The highest BCUT2D eigenvalue weighted by Gasteiger charge is 1.86. The van der Waals surface area contributed by atoms with Crippen molar-refractivity contribution in [1.82, 2.24) is 0 Å². The van der Waals surface area contributed by atoms with Crippen molar-refractivity contribution in [2.24, 2.45) is 0 Å². The van der Waals surface area contributed by atoms with E-state index in [9.17, 15) is 0 Å². The fraction of sp³-hybridized carbons (Fsp3) is 0.538. The molecule has 0 aromatic heterocycles. The Labute approximate surface area is 82.0 Å². The van der Waals surface area contributed by atoms with E-state index in [1.54, 1.807) is 0 Å². The first-order chi connectivity index (χ1) is 6.50. The molecule has 0 fully saturated rings. The van der Waals surface area contributed by atoms with Crippen molar-refractivity contribution in [3.05, 3.63) is 36.5 Å². The van der Waals surface area contributed by atoms with E-state index in [0.717, 1.165) is 12.8 Å². The number of allylic oxidation sites excluding steroid dienone is 6. The predicted molar refractivity (Wildman–Crippen MR) is 59.7 cm³/mol. The number of hydrogen-bond donors (Lipinski definition) is 0. The molecule has 0 radical (unpaired) electrons. The third kappa shape index (κ3) is 6.39. The van der Waals surface area contributed by atoms with Crippen LogP contribution in [0.4, 0.5) is 0 Å². The standard InChI is InChI=1S/C13H20/c1-2-4-6-8-10-12-13-11-9-7-5-3-1/h1-2,5-8H,3-4,9-13H2/b2-1+,7-5+,8-6?. The normalized spacial score (nSPS) is 25.2. The molecular formula is C13H20. The Morgan fingerprint density at radius 3 is 1.46 bits per heavy atom. The van der Waals surface area contributed by atoms with E-state index in [1.807, 2.05) is 0 Å². The Hall–Kier alpha value is -0.780. The zero-order chi connectivity index (χ0) is 9.19. The van der Waals surface area contributed by atoms with Gasteiger partial charge in [-0.2, -0.15) is 0 Å². The molecule has 0 heterocycles. The Bertz CT molecular complexity index is 164. The molecule has 0 heteroatoms. The Morgan fingerprint density at radius 1 is 0.462 bits per heavy atom. The van der Waals surface area contributed by atoms with Crippen LogP contribution in [-0.2, 0) is 0 Å². The van der Waals surface area contributed by atoms with Crippen LogP contribution in [0.25, 0.3) is 0 Å². The topological polar surface area (TPSA) is 0 Å². The Morgan fingerprint density at radius 2 is 0.923 bits per heavy atom. The van der Waals surface area contributed by atoms with Crippen molar-refractivity contribution in [1.29, 1.82) is 0 Å². The van der Waals surface area contributed by atoms with Gasteiger partial charge in [0.25, 0.3) is 0 Å². The van der Waals surface area contributed by atoms with E-state index >= 15 is 0 Å². The van der Waals surface area contributed by atoms with Gasteiger partial charge in [0.2, 0.25) is 0 Å². The van der Waals surface area contributed by atoms with Crippen molar-refractivity contribution < 1.29 is 0 Å². The van der Waals surface area contributed by atoms with Crippen LogP contribution in [0.1, 0.15) is 44.9 Å². The van der Waals surface area contributed by atoms with Crippen molar-refractivity contribution >= 4 is 0 Å². The Balaban J connectivity index is 2.28. The fourth-order valence-electron chi connectivity index (χ4n) is 1.48. The predicted octanol–water partition coefficient (Wildman–Crippen LogP) is 4.40. The van der Waals surface area contributed by atoms with E-state index in [1.165, 1.54) is 32.1 Å². The van der Waals surface area contributed by atoms with Crippen LogP contribution in [-0.4, -0.2) is 0 Å². The van der Waals surface area contributed by atoms with Crippen molar-refractivity contribution in [3.63, 3.8) is 0 Å². The summed E-state index contributed by atoms with van der Waals surface area (Å²) in [4.78, 5) is 0. The molecule has 0 N–H and O–H groups in total. The van der Waals surface area contributed by atoms with Gasteiger partial charge in [-0.05, 0) is 38.5 Å². The van der Waals surface area contributed by atoms with Gasteiger partial charge in [0, 0.05) is 0 Å². The number of rotatable bonds is 0. The lowest BCUT2D eigenvalue weighted by molar-refractivity contribution is 0.695. The monoisotopic (exact) mass is 176 g/mol. The minimum Gasteiger partial charge on any atom is -0.0882 e. The molecule has 0 bridgehead atoms. The van der Waals surface area contributed by atoms with Gasteiger partial charge >= 0.3 is 0 Å². The molecule has 0 amide bonds.